The first-order valence-electron chi connectivity index (χ1n) is 8.79. The molecule has 6 nitrogen and oxygen atoms in total. The number of carbonyl (C=O) groups excluding carboxylic acids is 1. The molecule has 0 aliphatic carbocycles. The molecule has 1 aromatic heterocycles. The number of aryl methyl sites for hydroxylation is 1. The van der Waals surface area contributed by atoms with Crippen LogP contribution in [0.5, 0.6) is 11.5 Å². The number of methoxy groups -OCH3 is 1. The van der Waals surface area contributed by atoms with E-state index in [0.717, 1.165) is 10.9 Å². The second-order valence-corrected chi connectivity index (χ2v) is 6.63. The average molecular weight is 402 g/mol. The number of halogens is 1. The summed E-state index contributed by atoms with van der Waals surface area (Å²) in [4.78, 5) is 24.2. The Morgan fingerprint density at radius 3 is 2.71 bits per heavy atom. The topological polar surface area (TPSA) is 77.8 Å². The summed E-state index contributed by atoms with van der Waals surface area (Å²) in [5.74, 6) is 0.540. The van der Waals surface area contributed by atoms with Crippen LogP contribution in [0.4, 0.5) is 5.69 Å². The molecule has 0 aliphatic heterocycles. The van der Waals surface area contributed by atoms with Crippen LogP contribution >= 0.6 is 11.6 Å². The van der Waals surface area contributed by atoms with Crippen LogP contribution in [-0.2, 0) is 11.2 Å². The lowest BCUT2D eigenvalue weighted by molar-refractivity contribution is -0.122. The first-order valence-corrected chi connectivity index (χ1v) is 9.17. The summed E-state index contributed by atoms with van der Waals surface area (Å²) in [5.41, 5.74) is 1.36. The highest BCUT2D eigenvalue weighted by Gasteiger charge is 2.18. The summed E-state index contributed by atoms with van der Waals surface area (Å²) in [6.07, 6.45) is -0.0926. The molecule has 1 heterocycles. The number of anilines is 1. The molecule has 2 aromatic carbocycles. The number of nitrogens with one attached hydrogen (secondary N) is 1. The van der Waals surface area contributed by atoms with Gasteiger partial charge in [-0.15, -0.1) is 0 Å². The van der Waals surface area contributed by atoms with Gasteiger partial charge in [-0.1, -0.05) is 18.5 Å². The van der Waals surface area contributed by atoms with E-state index in [1.807, 2.05) is 13.0 Å². The van der Waals surface area contributed by atoms with Crippen molar-refractivity contribution in [3.05, 3.63) is 63.5 Å². The Morgan fingerprint density at radius 1 is 1.21 bits per heavy atom. The molecule has 0 unspecified atom stereocenters. The van der Waals surface area contributed by atoms with E-state index in [2.05, 4.69) is 5.32 Å². The molecule has 7 heteroatoms. The Morgan fingerprint density at radius 2 is 2.00 bits per heavy atom. The number of hydrogen-bond donors (Lipinski definition) is 1. The van der Waals surface area contributed by atoms with Crippen molar-refractivity contribution in [2.24, 2.45) is 0 Å². The van der Waals surface area contributed by atoms with Crippen molar-refractivity contribution in [1.82, 2.24) is 0 Å². The third-order valence-corrected chi connectivity index (χ3v) is 4.52. The van der Waals surface area contributed by atoms with Crippen LogP contribution in [0, 0.1) is 0 Å². The lowest BCUT2D eigenvalue weighted by Gasteiger charge is -2.16. The van der Waals surface area contributed by atoms with Crippen molar-refractivity contribution in [2.45, 2.75) is 26.4 Å². The van der Waals surface area contributed by atoms with Gasteiger partial charge >= 0.3 is 5.63 Å². The Balaban J connectivity index is 1.79. The van der Waals surface area contributed by atoms with Crippen LogP contribution < -0.4 is 20.4 Å². The summed E-state index contributed by atoms with van der Waals surface area (Å²) in [6.45, 7) is 3.59. The number of amides is 1. The molecule has 1 atom stereocenters. The van der Waals surface area contributed by atoms with Gasteiger partial charge in [-0.2, -0.15) is 0 Å². The molecule has 0 radical (unpaired) electrons. The Hall–Kier alpha value is -2.99. The van der Waals surface area contributed by atoms with Crippen LogP contribution in [0.3, 0.4) is 0 Å². The molecule has 146 valence electrons. The van der Waals surface area contributed by atoms with Crippen molar-refractivity contribution in [3.63, 3.8) is 0 Å². The Labute approximate surface area is 167 Å². The maximum absolute atomic E-state index is 12.5. The van der Waals surface area contributed by atoms with Crippen molar-refractivity contribution in [2.75, 3.05) is 12.4 Å². The maximum atomic E-state index is 12.5. The van der Waals surface area contributed by atoms with Crippen molar-refractivity contribution >= 4 is 34.2 Å². The minimum atomic E-state index is -0.804. The molecule has 0 saturated carbocycles. The quantitative estimate of drug-likeness (QED) is 0.618. The molecule has 1 amide bonds. The minimum absolute atomic E-state index is 0.371. The number of benzene rings is 2. The van der Waals surface area contributed by atoms with E-state index in [1.54, 1.807) is 37.3 Å². The summed E-state index contributed by atoms with van der Waals surface area (Å²) in [6, 6.07) is 11.6. The number of ether oxygens (including phenoxy) is 2. The second kappa shape index (κ2) is 8.35. The van der Waals surface area contributed by atoms with E-state index in [1.165, 1.54) is 13.2 Å². The molecule has 0 fully saturated rings. The molecular weight excluding hydrogens is 382 g/mol. The molecule has 0 spiro atoms. The fourth-order valence-corrected chi connectivity index (χ4v) is 3.02. The predicted molar refractivity (Wildman–Crippen MR) is 109 cm³/mol. The normalized spacial score (nSPS) is 11.9. The molecule has 28 heavy (non-hydrogen) atoms. The predicted octanol–water partition coefficient (Wildman–Crippen LogP) is 4.42. The summed E-state index contributed by atoms with van der Waals surface area (Å²) >= 11 is 5.99. The van der Waals surface area contributed by atoms with Gasteiger partial charge in [0, 0.05) is 22.5 Å². The van der Waals surface area contributed by atoms with E-state index in [4.69, 9.17) is 25.5 Å². The molecule has 0 saturated heterocycles. The van der Waals surface area contributed by atoms with Crippen LogP contribution in [0.25, 0.3) is 11.0 Å². The van der Waals surface area contributed by atoms with Gasteiger partial charge in [0.05, 0.1) is 12.8 Å². The largest absolute Gasteiger partial charge is 0.495 e. The highest BCUT2D eigenvalue weighted by atomic mass is 35.5. The van der Waals surface area contributed by atoms with Crippen LogP contribution in [-0.4, -0.2) is 19.1 Å². The summed E-state index contributed by atoms with van der Waals surface area (Å²) in [7, 11) is 1.51. The monoisotopic (exact) mass is 401 g/mol. The fourth-order valence-electron chi connectivity index (χ4n) is 2.85. The van der Waals surface area contributed by atoms with Crippen LogP contribution in [0.2, 0.25) is 5.02 Å². The molecule has 0 aliphatic rings. The third-order valence-electron chi connectivity index (χ3n) is 4.28. The zero-order chi connectivity index (χ0) is 20.3. The number of carbonyl (C=O) groups is 1. The van der Waals surface area contributed by atoms with Gasteiger partial charge in [-0.3, -0.25) is 4.79 Å². The molecule has 3 rings (SSSR count). The zero-order valence-corrected chi connectivity index (χ0v) is 16.5. The van der Waals surface area contributed by atoms with Gasteiger partial charge < -0.3 is 19.2 Å². The number of fused-ring (bicyclic) bond motifs is 1. The minimum Gasteiger partial charge on any atom is -0.495 e. The third kappa shape index (κ3) is 4.28. The van der Waals surface area contributed by atoms with E-state index >= 15 is 0 Å². The molecular formula is C21H20ClNO5. The van der Waals surface area contributed by atoms with Gasteiger partial charge in [0.2, 0.25) is 0 Å². The van der Waals surface area contributed by atoms with Crippen LogP contribution in [0.1, 0.15) is 19.4 Å². The van der Waals surface area contributed by atoms with Gasteiger partial charge in [0.15, 0.2) is 6.10 Å². The van der Waals surface area contributed by atoms with Crippen LogP contribution in [0.15, 0.2) is 51.7 Å². The highest BCUT2D eigenvalue weighted by molar-refractivity contribution is 6.31. The van der Waals surface area contributed by atoms with Gasteiger partial charge in [0.1, 0.15) is 17.1 Å². The SMILES string of the molecule is CCc1cc(=O)oc2cc(O[C@@H](C)C(=O)Nc3cc(Cl)ccc3OC)ccc12. The molecule has 1 N–H and O–H groups in total. The zero-order valence-electron chi connectivity index (χ0n) is 15.7. The first kappa shape index (κ1) is 19.8. The van der Waals surface area contributed by atoms with Gasteiger partial charge in [0.25, 0.3) is 5.91 Å². The average Bonchev–Trinajstić information content (AvgIpc) is 2.67. The first-order chi connectivity index (χ1) is 13.4. The summed E-state index contributed by atoms with van der Waals surface area (Å²) in [5, 5.41) is 4.06. The fraction of sp³-hybridized carbons (Fsp3) is 0.238. The Kier molecular flexibility index (Phi) is 5.90. The second-order valence-electron chi connectivity index (χ2n) is 6.20. The smallest absolute Gasteiger partial charge is 0.336 e. The van der Waals surface area contributed by atoms with E-state index < -0.39 is 11.7 Å². The lowest BCUT2D eigenvalue weighted by atomic mass is 10.1. The lowest BCUT2D eigenvalue weighted by Crippen LogP contribution is -2.30. The highest BCUT2D eigenvalue weighted by Crippen LogP contribution is 2.28. The summed E-state index contributed by atoms with van der Waals surface area (Å²) < 4.78 is 16.2. The Bertz CT molecular complexity index is 1080. The van der Waals surface area contributed by atoms with Gasteiger partial charge in [-0.05, 0) is 49.2 Å². The number of hydrogen-bond acceptors (Lipinski definition) is 5. The van der Waals surface area contributed by atoms with Crippen molar-refractivity contribution in [3.8, 4) is 11.5 Å². The maximum Gasteiger partial charge on any atom is 0.336 e. The number of rotatable bonds is 6. The molecule has 3 aromatic rings. The molecule has 0 bridgehead atoms. The van der Waals surface area contributed by atoms with Crippen molar-refractivity contribution < 1.29 is 18.7 Å². The van der Waals surface area contributed by atoms with E-state index in [9.17, 15) is 9.59 Å². The van der Waals surface area contributed by atoms with Crippen molar-refractivity contribution in [1.29, 1.82) is 0 Å². The standard InChI is InChI=1S/C21H20ClNO5/c1-4-13-9-20(24)28-19-11-15(6-7-16(13)19)27-12(2)21(25)23-17-10-14(22)5-8-18(17)26-3/h5-12H,4H2,1-3H3,(H,23,25)/t12-/m0/s1. The van der Waals surface area contributed by atoms with E-state index in [0.29, 0.717) is 34.2 Å². The van der Waals surface area contributed by atoms with E-state index in [-0.39, 0.29) is 5.91 Å². The van der Waals surface area contributed by atoms with Gasteiger partial charge in [-0.25, -0.2) is 4.79 Å².